The highest BCUT2D eigenvalue weighted by Gasteiger charge is 2.25. The van der Waals surface area contributed by atoms with Gasteiger partial charge in [0.25, 0.3) is 0 Å². The maximum absolute atomic E-state index is 12.5. The van der Waals surface area contributed by atoms with Gasteiger partial charge in [-0.2, -0.15) is 8.42 Å². The lowest BCUT2D eigenvalue weighted by Crippen LogP contribution is -2.35. The van der Waals surface area contributed by atoms with Gasteiger partial charge in [0.05, 0.1) is 0 Å². The molecule has 7 heteroatoms. The number of amides is 1. The highest BCUT2D eigenvalue weighted by molar-refractivity contribution is 8.02. The third-order valence-electron chi connectivity index (χ3n) is 4.72. The molecule has 1 atom stereocenters. The smallest absolute Gasteiger partial charge is 0.376 e. The Labute approximate surface area is 191 Å². The van der Waals surface area contributed by atoms with E-state index in [9.17, 15) is 13.2 Å². The fourth-order valence-electron chi connectivity index (χ4n) is 3.38. The number of rotatable bonds is 9. The van der Waals surface area contributed by atoms with Crippen molar-refractivity contribution >= 4 is 27.0 Å². The van der Waals surface area contributed by atoms with Crippen LogP contribution in [-0.4, -0.2) is 20.2 Å². The minimum Gasteiger partial charge on any atom is -0.376 e. The summed E-state index contributed by atoms with van der Waals surface area (Å²) in [5.41, 5.74) is 2.90. The topological polar surface area (TPSA) is 72.5 Å². The van der Waals surface area contributed by atoms with Crippen molar-refractivity contribution in [1.29, 1.82) is 0 Å². The summed E-state index contributed by atoms with van der Waals surface area (Å²) in [6, 6.07) is 12.7. The summed E-state index contributed by atoms with van der Waals surface area (Å²) in [6.45, 7) is 10.4. The molecule has 0 saturated carbocycles. The molecule has 170 valence electrons. The fourth-order valence-corrected chi connectivity index (χ4v) is 4.26. The number of nitrogens with one attached hydrogen (secondary N) is 1. The van der Waals surface area contributed by atoms with Gasteiger partial charge >= 0.3 is 15.4 Å². The van der Waals surface area contributed by atoms with Crippen molar-refractivity contribution in [3.63, 3.8) is 0 Å². The molecule has 2 aromatic carbocycles. The molecule has 1 N–H and O–H groups in total. The molecule has 0 aliphatic rings. The Balaban J connectivity index is 2.11. The third kappa shape index (κ3) is 8.19. The molecule has 0 aliphatic heterocycles. The second-order valence-corrected chi connectivity index (χ2v) is 10.7. The number of halogens is 1. The number of benzene rings is 2. The van der Waals surface area contributed by atoms with Crippen molar-refractivity contribution in [2.24, 2.45) is 11.8 Å². The predicted molar refractivity (Wildman–Crippen MR) is 126 cm³/mol. The predicted octanol–water partition coefficient (Wildman–Crippen LogP) is 5.96. The SMILES string of the molecule is CC(C)Cc1cc(CC(C)C)cc(OS(=O)(=O)C(=O)NCC(C)c2cccc(Cl)c2)c1. The van der Waals surface area contributed by atoms with Crippen molar-refractivity contribution in [3.8, 4) is 5.75 Å². The highest BCUT2D eigenvalue weighted by atomic mass is 35.5. The van der Waals surface area contributed by atoms with Gasteiger partial charge in [-0.25, -0.2) is 0 Å². The van der Waals surface area contributed by atoms with Crippen LogP contribution in [0.5, 0.6) is 5.75 Å². The zero-order valence-electron chi connectivity index (χ0n) is 18.8. The Morgan fingerprint density at radius 1 is 0.968 bits per heavy atom. The lowest BCUT2D eigenvalue weighted by Gasteiger charge is -2.15. The molecule has 0 fully saturated rings. The van der Waals surface area contributed by atoms with E-state index in [1.165, 1.54) is 0 Å². The zero-order chi connectivity index (χ0) is 23.2. The van der Waals surface area contributed by atoms with Gasteiger partial charge in [0.15, 0.2) is 0 Å². The second-order valence-electron chi connectivity index (χ2n) is 8.84. The van der Waals surface area contributed by atoms with Gasteiger partial charge in [0, 0.05) is 11.6 Å². The van der Waals surface area contributed by atoms with E-state index in [4.69, 9.17) is 15.8 Å². The molecule has 0 aromatic heterocycles. The van der Waals surface area contributed by atoms with E-state index in [-0.39, 0.29) is 18.2 Å². The fraction of sp³-hybridized carbons (Fsp3) is 0.458. The van der Waals surface area contributed by atoms with E-state index >= 15 is 0 Å². The molecule has 0 bridgehead atoms. The Morgan fingerprint density at radius 3 is 2.06 bits per heavy atom. The van der Waals surface area contributed by atoms with Crippen LogP contribution in [0.2, 0.25) is 5.02 Å². The maximum atomic E-state index is 12.5. The van der Waals surface area contributed by atoms with Crippen LogP contribution in [0, 0.1) is 11.8 Å². The molecule has 0 radical (unpaired) electrons. The average molecular weight is 466 g/mol. The Kier molecular flexibility index (Phi) is 8.95. The Bertz CT molecular complexity index is 974. The molecule has 0 heterocycles. The van der Waals surface area contributed by atoms with Crippen LogP contribution >= 0.6 is 11.6 Å². The van der Waals surface area contributed by atoms with Gasteiger partial charge in [0.1, 0.15) is 5.75 Å². The first kappa shape index (κ1) is 25.2. The van der Waals surface area contributed by atoms with Crippen molar-refractivity contribution < 1.29 is 17.4 Å². The van der Waals surface area contributed by atoms with E-state index in [0.29, 0.717) is 16.9 Å². The molecule has 0 aliphatic carbocycles. The van der Waals surface area contributed by atoms with E-state index in [0.717, 1.165) is 29.5 Å². The number of carbonyl (C=O) groups is 1. The van der Waals surface area contributed by atoms with Gasteiger partial charge < -0.3 is 9.50 Å². The molecule has 0 saturated heterocycles. The molecule has 31 heavy (non-hydrogen) atoms. The third-order valence-corrected chi connectivity index (χ3v) is 5.96. The van der Waals surface area contributed by atoms with Gasteiger partial charge in [0.2, 0.25) is 0 Å². The first-order valence-electron chi connectivity index (χ1n) is 10.6. The summed E-state index contributed by atoms with van der Waals surface area (Å²) in [6.07, 6.45) is 1.59. The summed E-state index contributed by atoms with van der Waals surface area (Å²) >= 11 is 6.00. The summed E-state index contributed by atoms with van der Waals surface area (Å²) < 4.78 is 30.2. The van der Waals surface area contributed by atoms with Crippen LogP contribution in [0.3, 0.4) is 0 Å². The van der Waals surface area contributed by atoms with Crippen LogP contribution in [0.1, 0.15) is 57.2 Å². The lowest BCUT2D eigenvalue weighted by atomic mass is 9.97. The second kappa shape index (κ2) is 11.0. The normalized spacial score (nSPS) is 12.8. The summed E-state index contributed by atoms with van der Waals surface area (Å²) in [7, 11) is -4.47. The largest absolute Gasteiger partial charge is 0.394 e. The molecule has 2 aromatic rings. The summed E-state index contributed by atoms with van der Waals surface area (Å²) in [5, 5.41) is 1.90. The van der Waals surface area contributed by atoms with E-state index in [1.807, 2.05) is 19.1 Å². The Hall–Kier alpha value is -2.05. The van der Waals surface area contributed by atoms with Crippen molar-refractivity contribution in [2.75, 3.05) is 6.54 Å². The molecule has 2 rings (SSSR count). The highest BCUT2D eigenvalue weighted by Crippen LogP contribution is 2.24. The van der Waals surface area contributed by atoms with E-state index < -0.39 is 15.4 Å². The number of carbonyl (C=O) groups excluding carboxylic acids is 1. The number of hydrogen-bond acceptors (Lipinski definition) is 4. The lowest BCUT2D eigenvalue weighted by molar-refractivity contribution is 0.255. The number of hydrogen-bond donors (Lipinski definition) is 1. The van der Waals surface area contributed by atoms with Gasteiger partial charge in [-0.3, -0.25) is 4.79 Å². The maximum Gasteiger partial charge on any atom is 0.394 e. The van der Waals surface area contributed by atoms with Crippen LogP contribution in [0.15, 0.2) is 42.5 Å². The molecule has 0 spiro atoms. The average Bonchev–Trinajstić information content (AvgIpc) is 2.64. The van der Waals surface area contributed by atoms with Gasteiger partial charge in [-0.05, 0) is 71.6 Å². The summed E-state index contributed by atoms with van der Waals surface area (Å²) in [4.78, 5) is 12.3. The van der Waals surface area contributed by atoms with Gasteiger partial charge in [-0.15, -0.1) is 0 Å². The minimum absolute atomic E-state index is 0.107. The quantitative estimate of drug-likeness (QED) is 0.464. The molecular formula is C24H32ClNO4S. The monoisotopic (exact) mass is 465 g/mol. The standard InChI is InChI=1S/C24H32ClNO4S/c1-16(2)9-19-11-20(10-17(3)4)13-23(12-19)30-31(28,29)24(27)26-15-18(5)21-7-6-8-22(25)14-21/h6-8,11-14,16-18H,9-10,15H2,1-5H3,(H,26,27). The van der Waals surface area contributed by atoms with Crippen LogP contribution in [-0.2, 0) is 23.0 Å². The molecule has 5 nitrogen and oxygen atoms in total. The summed E-state index contributed by atoms with van der Waals surface area (Å²) in [5.74, 6) is 0.891. The van der Waals surface area contributed by atoms with Crippen LogP contribution in [0.4, 0.5) is 4.79 Å². The van der Waals surface area contributed by atoms with Crippen LogP contribution in [0.25, 0.3) is 0 Å². The van der Waals surface area contributed by atoms with Crippen molar-refractivity contribution in [3.05, 3.63) is 64.2 Å². The molecular weight excluding hydrogens is 434 g/mol. The van der Waals surface area contributed by atoms with E-state index in [1.54, 1.807) is 24.3 Å². The molecule has 1 unspecified atom stereocenters. The molecule has 1 amide bonds. The van der Waals surface area contributed by atoms with Crippen molar-refractivity contribution in [2.45, 2.75) is 53.4 Å². The Morgan fingerprint density at radius 2 is 1.55 bits per heavy atom. The van der Waals surface area contributed by atoms with Crippen molar-refractivity contribution in [1.82, 2.24) is 5.32 Å². The first-order valence-corrected chi connectivity index (χ1v) is 12.4. The minimum atomic E-state index is -4.47. The van der Waals surface area contributed by atoms with Gasteiger partial charge in [-0.1, -0.05) is 64.4 Å². The van der Waals surface area contributed by atoms with E-state index in [2.05, 4.69) is 39.1 Å². The van der Waals surface area contributed by atoms with Crippen LogP contribution < -0.4 is 9.50 Å². The first-order chi connectivity index (χ1) is 14.5. The zero-order valence-corrected chi connectivity index (χ0v) is 20.4.